The fourth-order valence-electron chi connectivity index (χ4n) is 3.23. The molecule has 0 aromatic carbocycles. The third-order valence-electron chi connectivity index (χ3n) is 4.93. The van der Waals surface area contributed by atoms with Gasteiger partial charge in [-0.2, -0.15) is 0 Å². The molecule has 0 aromatic rings. The smallest absolute Gasteiger partial charge is 0.241 e. The average Bonchev–Trinajstić information content (AvgIpc) is 2.79. The Bertz CT molecular complexity index is 351. The van der Waals surface area contributed by atoms with Gasteiger partial charge in [0.05, 0.1) is 12.2 Å². The summed E-state index contributed by atoms with van der Waals surface area (Å²) in [5.74, 6) is 1.38. The topological polar surface area (TPSA) is 32.3 Å². The van der Waals surface area contributed by atoms with Gasteiger partial charge in [0.25, 0.3) is 0 Å². The van der Waals surface area contributed by atoms with Gasteiger partial charge in [-0.25, -0.2) is 0 Å². The Morgan fingerprint density at radius 2 is 1.95 bits per heavy atom. The molecule has 3 heteroatoms. The van der Waals surface area contributed by atoms with Crippen LogP contribution in [0.3, 0.4) is 0 Å². The monoisotopic (exact) mass is 266 g/mol. The standard InChI is InChI=1S/C16H30N2O/c1-7-11(4)14-15(19)18(12-9-16(12,5)6)13(17-14)8-10(2)3/h10-14,17H,7-9H2,1-6H3. The first-order chi connectivity index (χ1) is 8.77. The lowest BCUT2D eigenvalue weighted by Crippen LogP contribution is -2.41. The minimum absolute atomic E-state index is 0.0325. The first-order valence-corrected chi connectivity index (χ1v) is 7.86. The Labute approximate surface area is 118 Å². The molecule has 3 nitrogen and oxygen atoms in total. The molecule has 2 aliphatic rings. The second-order valence-corrected chi connectivity index (χ2v) is 7.63. The van der Waals surface area contributed by atoms with Gasteiger partial charge in [0.15, 0.2) is 0 Å². The molecule has 1 heterocycles. The average molecular weight is 266 g/mol. The molecule has 1 aliphatic heterocycles. The summed E-state index contributed by atoms with van der Waals surface area (Å²) in [6, 6.07) is 0.482. The Hall–Kier alpha value is -0.570. The van der Waals surface area contributed by atoms with E-state index in [-0.39, 0.29) is 12.2 Å². The van der Waals surface area contributed by atoms with Crippen molar-refractivity contribution in [3.8, 4) is 0 Å². The van der Waals surface area contributed by atoms with Gasteiger partial charge in [-0.15, -0.1) is 0 Å². The molecule has 4 unspecified atom stereocenters. The summed E-state index contributed by atoms with van der Waals surface area (Å²) >= 11 is 0. The van der Waals surface area contributed by atoms with Gasteiger partial charge in [0.1, 0.15) is 0 Å². The van der Waals surface area contributed by atoms with Crippen LogP contribution in [0.2, 0.25) is 0 Å². The lowest BCUT2D eigenvalue weighted by Gasteiger charge is -2.27. The summed E-state index contributed by atoms with van der Waals surface area (Å²) in [4.78, 5) is 14.9. The zero-order chi connectivity index (χ0) is 14.4. The van der Waals surface area contributed by atoms with Gasteiger partial charge in [-0.05, 0) is 30.1 Å². The fourth-order valence-corrected chi connectivity index (χ4v) is 3.23. The molecule has 1 aliphatic carbocycles. The highest BCUT2D eigenvalue weighted by atomic mass is 16.2. The van der Waals surface area contributed by atoms with Crippen molar-refractivity contribution in [3.63, 3.8) is 0 Å². The van der Waals surface area contributed by atoms with Crippen molar-refractivity contribution in [2.45, 2.75) is 79.1 Å². The van der Waals surface area contributed by atoms with E-state index in [1.165, 1.54) is 0 Å². The van der Waals surface area contributed by atoms with Gasteiger partial charge >= 0.3 is 0 Å². The predicted octanol–water partition coefficient (Wildman–Crippen LogP) is 3.00. The van der Waals surface area contributed by atoms with Gasteiger partial charge in [0.2, 0.25) is 5.91 Å². The maximum absolute atomic E-state index is 12.7. The summed E-state index contributed by atoms with van der Waals surface area (Å²) in [5, 5.41) is 3.61. The van der Waals surface area contributed by atoms with E-state index in [4.69, 9.17) is 0 Å². The van der Waals surface area contributed by atoms with Crippen LogP contribution in [0.15, 0.2) is 0 Å². The second kappa shape index (κ2) is 5.08. The number of nitrogens with one attached hydrogen (secondary N) is 1. The van der Waals surface area contributed by atoms with E-state index in [1.807, 2.05) is 0 Å². The normalized spacial score (nSPS) is 35.0. The molecule has 1 saturated carbocycles. The van der Waals surface area contributed by atoms with Crippen molar-refractivity contribution in [2.75, 3.05) is 0 Å². The molecule has 19 heavy (non-hydrogen) atoms. The molecule has 1 amide bonds. The van der Waals surface area contributed by atoms with Crippen molar-refractivity contribution in [1.82, 2.24) is 10.2 Å². The number of amides is 1. The molecule has 1 saturated heterocycles. The van der Waals surface area contributed by atoms with Crippen LogP contribution in [0, 0.1) is 17.3 Å². The number of carbonyl (C=O) groups excluding carboxylic acids is 1. The third-order valence-corrected chi connectivity index (χ3v) is 4.93. The minimum Gasteiger partial charge on any atom is -0.322 e. The number of rotatable bonds is 5. The molecule has 1 N–H and O–H groups in total. The van der Waals surface area contributed by atoms with Crippen LogP contribution >= 0.6 is 0 Å². The Kier molecular flexibility index (Phi) is 3.97. The Balaban J connectivity index is 2.14. The molecule has 0 bridgehead atoms. The van der Waals surface area contributed by atoms with Gasteiger partial charge in [0, 0.05) is 6.04 Å². The fraction of sp³-hybridized carbons (Fsp3) is 0.938. The molecule has 2 rings (SSSR count). The second-order valence-electron chi connectivity index (χ2n) is 7.63. The van der Waals surface area contributed by atoms with Gasteiger partial charge in [-0.3, -0.25) is 10.1 Å². The molecule has 0 aromatic heterocycles. The highest BCUT2D eigenvalue weighted by molar-refractivity contribution is 5.85. The van der Waals surface area contributed by atoms with E-state index >= 15 is 0 Å². The van der Waals surface area contributed by atoms with E-state index < -0.39 is 0 Å². The predicted molar refractivity (Wildman–Crippen MR) is 78.7 cm³/mol. The zero-order valence-corrected chi connectivity index (χ0v) is 13.4. The van der Waals surface area contributed by atoms with Gasteiger partial charge < -0.3 is 4.90 Å². The summed E-state index contributed by atoms with van der Waals surface area (Å²) < 4.78 is 0. The molecule has 0 spiro atoms. The van der Waals surface area contributed by atoms with Crippen LogP contribution < -0.4 is 5.32 Å². The van der Waals surface area contributed by atoms with Crippen molar-refractivity contribution in [2.24, 2.45) is 17.3 Å². The number of carbonyl (C=O) groups is 1. The first kappa shape index (κ1) is 14.8. The number of hydrogen-bond acceptors (Lipinski definition) is 2. The maximum atomic E-state index is 12.7. The van der Waals surface area contributed by atoms with E-state index in [9.17, 15) is 4.79 Å². The van der Waals surface area contributed by atoms with Gasteiger partial charge in [-0.1, -0.05) is 48.0 Å². The highest BCUT2D eigenvalue weighted by Crippen LogP contribution is 2.50. The van der Waals surface area contributed by atoms with Crippen LogP contribution in [-0.2, 0) is 4.79 Å². The third kappa shape index (κ3) is 2.81. The Morgan fingerprint density at radius 1 is 1.37 bits per heavy atom. The van der Waals surface area contributed by atoms with E-state index in [1.54, 1.807) is 0 Å². The maximum Gasteiger partial charge on any atom is 0.241 e. The van der Waals surface area contributed by atoms with Crippen molar-refractivity contribution in [3.05, 3.63) is 0 Å². The molecule has 110 valence electrons. The first-order valence-electron chi connectivity index (χ1n) is 7.86. The minimum atomic E-state index is 0.0325. The SMILES string of the molecule is CCC(C)C1NC(CC(C)C)N(C2CC2(C)C)C1=O. The van der Waals surface area contributed by atoms with E-state index in [0.717, 1.165) is 19.3 Å². The lowest BCUT2D eigenvalue weighted by atomic mass is 9.99. The van der Waals surface area contributed by atoms with Crippen molar-refractivity contribution >= 4 is 5.91 Å². The zero-order valence-electron chi connectivity index (χ0n) is 13.4. The summed E-state index contributed by atoms with van der Waals surface area (Å²) in [6.07, 6.45) is 3.52. The molecule has 4 atom stereocenters. The quantitative estimate of drug-likeness (QED) is 0.829. The Morgan fingerprint density at radius 3 is 2.37 bits per heavy atom. The van der Waals surface area contributed by atoms with Crippen LogP contribution in [-0.4, -0.2) is 29.1 Å². The number of nitrogens with zero attached hydrogens (tertiary/aromatic N) is 1. The van der Waals surface area contributed by atoms with Crippen molar-refractivity contribution in [1.29, 1.82) is 0 Å². The van der Waals surface area contributed by atoms with Crippen LogP contribution in [0.4, 0.5) is 0 Å². The largest absolute Gasteiger partial charge is 0.322 e. The molecular formula is C16H30N2O. The summed E-state index contributed by atoms with van der Waals surface area (Å²) in [7, 11) is 0. The van der Waals surface area contributed by atoms with Crippen LogP contribution in [0.1, 0.15) is 60.8 Å². The van der Waals surface area contributed by atoms with Crippen LogP contribution in [0.25, 0.3) is 0 Å². The summed E-state index contributed by atoms with van der Waals surface area (Å²) in [6.45, 7) is 13.4. The van der Waals surface area contributed by atoms with E-state index in [2.05, 4.69) is 51.8 Å². The molecule has 2 fully saturated rings. The summed E-state index contributed by atoms with van der Waals surface area (Å²) in [5.41, 5.74) is 0.316. The molecule has 0 radical (unpaired) electrons. The van der Waals surface area contributed by atoms with Crippen LogP contribution in [0.5, 0.6) is 0 Å². The number of hydrogen-bond donors (Lipinski definition) is 1. The highest BCUT2D eigenvalue weighted by Gasteiger charge is 2.56. The van der Waals surface area contributed by atoms with E-state index in [0.29, 0.717) is 29.2 Å². The van der Waals surface area contributed by atoms with Crippen molar-refractivity contribution < 1.29 is 4.79 Å². The lowest BCUT2D eigenvalue weighted by molar-refractivity contribution is -0.132. The molecular weight excluding hydrogens is 236 g/mol.